The zero-order valence-electron chi connectivity index (χ0n) is 23.6. The first-order valence-corrected chi connectivity index (χ1v) is 15.5. The summed E-state index contributed by atoms with van der Waals surface area (Å²) in [5.74, 6) is 1.92. The molecule has 1 aromatic rings. The molecule has 0 aromatic heterocycles. The molecule has 1 N–H and O–H groups in total. The van der Waals surface area contributed by atoms with Crippen molar-refractivity contribution in [2.24, 2.45) is 35.5 Å². The number of aliphatic hydroxyl groups excluding tert-OH is 1. The number of ether oxygens (including phenoxy) is 2. The van der Waals surface area contributed by atoms with Crippen LogP contribution in [-0.4, -0.2) is 31.5 Å². The van der Waals surface area contributed by atoms with E-state index in [0.717, 1.165) is 38.5 Å². The van der Waals surface area contributed by atoms with Crippen LogP contribution in [0.4, 0.5) is 0 Å². The Morgan fingerprint density at radius 3 is 1.69 bits per heavy atom. The minimum Gasteiger partial charge on any atom is -0.493 e. The van der Waals surface area contributed by atoms with E-state index >= 15 is 0 Å². The van der Waals surface area contributed by atoms with E-state index < -0.39 is 13.4 Å². The highest BCUT2D eigenvalue weighted by Gasteiger charge is 2.46. The highest BCUT2D eigenvalue weighted by molar-refractivity contribution is 7.54. The van der Waals surface area contributed by atoms with Crippen molar-refractivity contribution in [1.29, 1.82) is 0 Å². The van der Waals surface area contributed by atoms with Crippen LogP contribution >= 0.6 is 7.60 Å². The van der Waals surface area contributed by atoms with E-state index in [9.17, 15) is 9.67 Å². The molecule has 6 nitrogen and oxygen atoms in total. The lowest BCUT2D eigenvalue weighted by Gasteiger charge is -2.42. The molecule has 1 aromatic carbocycles. The van der Waals surface area contributed by atoms with Gasteiger partial charge in [0.25, 0.3) is 0 Å². The van der Waals surface area contributed by atoms with E-state index in [-0.39, 0.29) is 24.0 Å². The van der Waals surface area contributed by atoms with Crippen LogP contribution < -0.4 is 9.47 Å². The molecular weight excluding hydrogens is 475 g/mol. The fourth-order valence-electron chi connectivity index (χ4n) is 6.19. The Morgan fingerprint density at radius 2 is 1.28 bits per heavy atom. The maximum Gasteiger partial charge on any atom is 0.363 e. The van der Waals surface area contributed by atoms with E-state index in [0.29, 0.717) is 40.7 Å². The molecule has 0 bridgehead atoms. The van der Waals surface area contributed by atoms with E-state index in [1.54, 1.807) is 32.4 Å². The number of hydrogen-bond donors (Lipinski definition) is 1. The molecular formula is C29H49O6P. The van der Waals surface area contributed by atoms with Gasteiger partial charge in [0.15, 0.2) is 17.3 Å². The summed E-state index contributed by atoms with van der Waals surface area (Å²) < 4.78 is 38.7. The number of aliphatic hydroxyl groups is 1. The average molecular weight is 525 g/mol. The zero-order chi connectivity index (χ0) is 26.6. The largest absolute Gasteiger partial charge is 0.493 e. The lowest BCUT2D eigenvalue weighted by atomic mass is 9.75. The second-order valence-corrected chi connectivity index (χ2v) is 14.0. The van der Waals surface area contributed by atoms with Gasteiger partial charge < -0.3 is 23.6 Å². The predicted octanol–water partition coefficient (Wildman–Crippen LogP) is 7.84. The van der Waals surface area contributed by atoms with Crippen LogP contribution in [0.3, 0.4) is 0 Å². The summed E-state index contributed by atoms with van der Waals surface area (Å²) in [7, 11) is -0.854. The Morgan fingerprint density at radius 1 is 0.806 bits per heavy atom. The molecule has 2 saturated carbocycles. The average Bonchev–Trinajstić information content (AvgIpc) is 2.82. The van der Waals surface area contributed by atoms with Crippen molar-refractivity contribution >= 4 is 7.60 Å². The Labute approximate surface area is 219 Å². The van der Waals surface area contributed by atoms with Crippen molar-refractivity contribution in [2.45, 2.75) is 98.1 Å². The highest BCUT2D eigenvalue weighted by atomic mass is 31.2. The number of benzene rings is 1. The summed E-state index contributed by atoms with van der Waals surface area (Å²) in [5.41, 5.74) is 0.450. The van der Waals surface area contributed by atoms with E-state index in [4.69, 9.17) is 18.5 Å². The van der Waals surface area contributed by atoms with Gasteiger partial charge in [0.2, 0.25) is 0 Å². The van der Waals surface area contributed by atoms with Gasteiger partial charge in [-0.1, -0.05) is 60.5 Å². The molecule has 0 amide bonds. The predicted molar refractivity (Wildman–Crippen MR) is 145 cm³/mol. The minimum absolute atomic E-state index is 0.215. The standard InChI is InChI=1S/C29H49O6P/c1-18(2)23-12-9-20(5)15-26(23)34-36(31,35-27-16-21(6)10-13-24(27)19(3)4)29(30)22-11-14-25(32-7)28(17-22)33-8/h11,14,17-21,23-24,26-27,29-30H,9-10,12-13,15-16H2,1-8H3/t20-,21+,23-,24+,26-,27-,29+,36?/m1/s1. The molecule has 8 atom stereocenters. The van der Waals surface area contributed by atoms with Crippen LogP contribution in [0, 0.1) is 35.5 Å². The topological polar surface area (TPSA) is 74.2 Å². The van der Waals surface area contributed by atoms with Gasteiger partial charge in [0.05, 0.1) is 26.4 Å². The first kappa shape index (κ1) is 29.5. The lowest BCUT2D eigenvalue weighted by Crippen LogP contribution is -2.37. The molecule has 36 heavy (non-hydrogen) atoms. The number of hydrogen-bond acceptors (Lipinski definition) is 6. The van der Waals surface area contributed by atoms with Gasteiger partial charge >= 0.3 is 7.60 Å². The van der Waals surface area contributed by atoms with Crippen molar-refractivity contribution in [3.05, 3.63) is 23.8 Å². The van der Waals surface area contributed by atoms with Crippen LogP contribution in [0.2, 0.25) is 0 Å². The third kappa shape index (κ3) is 6.87. The van der Waals surface area contributed by atoms with Gasteiger partial charge in [-0.25, -0.2) is 0 Å². The second kappa shape index (κ2) is 12.7. The summed E-state index contributed by atoms with van der Waals surface area (Å²) in [6.07, 6.45) is 5.56. The molecule has 0 aliphatic heterocycles. The molecule has 1 unspecified atom stereocenters. The maximum atomic E-state index is 14.8. The molecule has 206 valence electrons. The van der Waals surface area contributed by atoms with Gasteiger partial charge in [0.1, 0.15) is 0 Å². The normalized spacial score (nSPS) is 31.8. The zero-order valence-corrected chi connectivity index (χ0v) is 24.5. The molecule has 0 heterocycles. The van der Waals surface area contributed by atoms with Crippen LogP contribution in [-0.2, 0) is 13.6 Å². The van der Waals surface area contributed by atoms with Crippen LogP contribution in [0.5, 0.6) is 11.5 Å². The van der Waals surface area contributed by atoms with Gasteiger partial charge in [-0.2, -0.15) is 0 Å². The third-order valence-corrected chi connectivity index (χ3v) is 10.5. The van der Waals surface area contributed by atoms with Crippen molar-refractivity contribution in [3.8, 4) is 11.5 Å². The van der Waals surface area contributed by atoms with Gasteiger partial charge in [-0.3, -0.25) is 4.57 Å². The number of rotatable bonds is 10. The van der Waals surface area contributed by atoms with E-state index in [1.165, 1.54) is 0 Å². The molecule has 2 aliphatic rings. The van der Waals surface area contributed by atoms with Crippen LogP contribution in [0.1, 0.15) is 91.5 Å². The van der Waals surface area contributed by atoms with Gasteiger partial charge in [-0.05, 0) is 78.9 Å². The van der Waals surface area contributed by atoms with Crippen molar-refractivity contribution in [2.75, 3.05) is 14.2 Å². The summed E-state index contributed by atoms with van der Waals surface area (Å²) in [6.45, 7) is 13.2. The quantitative estimate of drug-likeness (QED) is 0.314. The van der Waals surface area contributed by atoms with Crippen molar-refractivity contribution < 1.29 is 28.2 Å². The Hall–Kier alpha value is -1.07. The van der Waals surface area contributed by atoms with Crippen LogP contribution in [0.25, 0.3) is 0 Å². The monoisotopic (exact) mass is 524 g/mol. The van der Waals surface area contributed by atoms with Crippen molar-refractivity contribution in [1.82, 2.24) is 0 Å². The lowest BCUT2D eigenvalue weighted by molar-refractivity contribution is -0.0154. The smallest absolute Gasteiger partial charge is 0.363 e. The molecule has 0 saturated heterocycles. The molecule has 0 spiro atoms. The van der Waals surface area contributed by atoms with Gasteiger partial charge in [-0.15, -0.1) is 0 Å². The fraction of sp³-hybridized carbons (Fsp3) is 0.793. The molecule has 2 fully saturated rings. The Balaban J connectivity index is 2.00. The minimum atomic E-state index is -3.97. The Kier molecular flexibility index (Phi) is 10.4. The van der Waals surface area contributed by atoms with Gasteiger partial charge in [0, 0.05) is 0 Å². The molecule has 3 rings (SSSR count). The van der Waals surface area contributed by atoms with E-state index in [1.807, 2.05) is 0 Å². The van der Waals surface area contributed by atoms with E-state index in [2.05, 4.69) is 41.5 Å². The summed E-state index contributed by atoms with van der Waals surface area (Å²) in [6, 6.07) is 5.12. The summed E-state index contributed by atoms with van der Waals surface area (Å²) in [5, 5.41) is 11.7. The fourth-order valence-corrected chi connectivity index (χ4v) is 8.23. The Bertz CT molecular complexity index is 849. The highest BCUT2D eigenvalue weighted by Crippen LogP contribution is 2.64. The first-order chi connectivity index (χ1) is 17.0. The second-order valence-electron chi connectivity index (χ2n) is 12.0. The third-order valence-electron chi connectivity index (χ3n) is 8.49. The summed E-state index contributed by atoms with van der Waals surface area (Å²) >= 11 is 0. The van der Waals surface area contributed by atoms with Crippen LogP contribution in [0.15, 0.2) is 18.2 Å². The SMILES string of the molecule is COc1ccc([C@@H](O)P(=O)(O[C@@H]2C[C@H](C)CC[C@@H]2C(C)C)O[C@@H]2C[C@@H](C)CC[C@H]2C(C)C)cc1OC. The summed E-state index contributed by atoms with van der Waals surface area (Å²) in [4.78, 5) is 0. The maximum absolute atomic E-state index is 14.8. The molecule has 2 aliphatic carbocycles. The number of methoxy groups -OCH3 is 2. The van der Waals surface area contributed by atoms with Crippen molar-refractivity contribution in [3.63, 3.8) is 0 Å². The first-order valence-electron chi connectivity index (χ1n) is 13.9. The molecule has 0 radical (unpaired) electrons. The molecule has 7 heteroatoms.